The van der Waals surface area contributed by atoms with Crippen molar-refractivity contribution in [3.63, 3.8) is 0 Å². The van der Waals surface area contributed by atoms with Crippen molar-refractivity contribution in [3.05, 3.63) is 76.0 Å². The van der Waals surface area contributed by atoms with Crippen LogP contribution in [0.5, 0.6) is 0 Å². The number of aromatic amines is 1. The van der Waals surface area contributed by atoms with Gasteiger partial charge in [0.25, 0.3) is 5.56 Å². The molecule has 0 spiro atoms. The van der Waals surface area contributed by atoms with Crippen LogP contribution in [-0.2, 0) is 11.2 Å². The molecule has 4 N–H and O–H groups in total. The highest BCUT2D eigenvalue weighted by atomic mass is 16.4. The van der Waals surface area contributed by atoms with Crippen molar-refractivity contribution in [1.82, 2.24) is 9.97 Å². The van der Waals surface area contributed by atoms with E-state index in [1.54, 1.807) is 53.4 Å². The van der Waals surface area contributed by atoms with Gasteiger partial charge in [-0.1, -0.05) is 24.3 Å². The lowest BCUT2D eigenvalue weighted by molar-refractivity contribution is -0.136. The normalized spacial score (nSPS) is 14.1. The fraction of sp³-hybridized carbons (Fsp3) is 0.100. The first-order valence-electron chi connectivity index (χ1n) is 8.53. The molecule has 1 aliphatic rings. The van der Waals surface area contributed by atoms with Crippen LogP contribution in [0.2, 0.25) is 0 Å². The number of anilines is 1. The molecule has 0 saturated carbocycles. The van der Waals surface area contributed by atoms with E-state index in [0.29, 0.717) is 22.2 Å². The molecule has 0 unspecified atom stereocenters. The van der Waals surface area contributed by atoms with Crippen LogP contribution in [0, 0.1) is 5.41 Å². The highest BCUT2D eigenvalue weighted by Gasteiger charge is 2.31. The minimum Gasteiger partial charge on any atom is -0.509 e. The van der Waals surface area contributed by atoms with Crippen LogP contribution in [0.25, 0.3) is 16.5 Å². The number of H-pyrrole nitrogens is 1. The summed E-state index contributed by atoms with van der Waals surface area (Å²) in [6, 6.07) is 13.6. The molecule has 3 aromatic rings. The average molecular weight is 376 g/mol. The molecule has 4 rings (SSSR count). The van der Waals surface area contributed by atoms with Crippen LogP contribution in [0.3, 0.4) is 0 Å². The molecule has 0 radical (unpaired) electrons. The second kappa shape index (κ2) is 6.66. The van der Waals surface area contributed by atoms with Gasteiger partial charge in [-0.25, -0.2) is 4.98 Å². The van der Waals surface area contributed by atoms with Crippen LogP contribution >= 0.6 is 0 Å². The molecule has 0 bridgehead atoms. The predicted octanol–water partition coefficient (Wildman–Crippen LogP) is 2.32. The zero-order valence-electron chi connectivity index (χ0n) is 14.6. The molecule has 28 heavy (non-hydrogen) atoms. The smallest absolute Gasteiger partial charge is 0.307 e. The topological polar surface area (TPSA) is 130 Å². The van der Waals surface area contributed by atoms with E-state index in [1.165, 1.54) is 0 Å². The van der Waals surface area contributed by atoms with E-state index in [-0.39, 0.29) is 41.5 Å². The summed E-state index contributed by atoms with van der Waals surface area (Å²) in [4.78, 5) is 31.7. The molecule has 0 atom stereocenters. The van der Waals surface area contributed by atoms with Crippen LogP contribution in [-0.4, -0.2) is 38.5 Å². The Morgan fingerprint density at radius 3 is 2.61 bits per heavy atom. The van der Waals surface area contributed by atoms with Gasteiger partial charge in [0, 0.05) is 5.69 Å². The number of aromatic nitrogens is 2. The Morgan fingerprint density at radius 2 is 1.89 bits per heavy atom. The highest BCUT2D eigenvalue weighted by molar-refractivity contribution is 6.30. The van der Waals surface area contributed by atoms with E-state index in [2.05, 4.69) is 9.97 Å². The third-order valence-corrected chi connectivity index (χ3v) is 4.56. The standard InChI is InChI=1S/C20H16N4O4/c21-18-17(19-22-14-4-2-1-3-13(14)20(28)23-19)15(25)10-24(18)12-7-5-11(6-8-12)9-16(26)27/h1-8,21,25H,9-10H2,(H,26,27)(H,22,23,28). The first-order chi connectivity index (χ1) is 13.4. The van der Waals surface area contributed by atoms with Gasteiger partial charge < -0.3 is 20.1 Å². The summed E-state index contributed by atoms with van der Waals surface area (Å²) in [5.41, 5.74) is 1.57. The monoisotopic (exact) mass is 376 g/mol. The summed E-state index contributed by atoms with van der Waals surface area (Å²) >= 11 is 0. The summed E-state index contributed by atoms with van der Waals surface area (Å²) < 4.78 is 0. The number of carbonyl (C=O) groups is 1. The van der Waals surface area contributed by atoms with Gasteiger partial charge in [-0.05, 0) is 29.8 Å². The number of para-hydroxylation sites is 1. The van der Waals surface area contributed by atoms with Crippen LogP contribution < -0.4 is 10.5 Å². The molecule has 2 heterocycles. The van der Waals surface area contributed by atoms with Gasteiger partial charge in [0.1, 0.15) is 17.4 Å². The fourth-order valence-corrected chi connectivity index (χ4v) is 3.22. The number of benzene rings is 2. The quantitative estimate of drug-likeness (QED) is 0.553. The Labute approximate surface area is 158 Å². The predicted molar refractivity (Wildman–Crippen MR) is 105 cm³/mol. The Bertz CT molecular complexity index is 1190. The zero-order chi connectivity index (χ0) is 19.8. The minimum absolute atomic E-state index is 0.00177. The number of nitrogens with one attached hydrogen (secondary N) is 2. The van der Waals surface area contributed by atoms with Gasteiger partial charge in [0.05, 0.1) is 29.4 Å². The largest absolute Gasteiger partial charge is 0.509 e. The van der Waals surface area contributed by atoms with Crippen LogP contribution in [0.15, 0.2) is 59.1 Å². The van der Waals surface area contributed by atoms with E-state index < -0.39 is 5.97 Å². The first-order valence-corrected chi connectivity index (χ1v) is 8.53. The number of fused-ring (bicyclic) bond motifs is 1. The molecular weight excluding hydrogens is 360 g/mol. The maximum absolute atomic E-state index is 12.3. The highest BCUT2D eigenvalue weighted by Crippen LogP contribution is 2.29. The van der Waals surface area contributed by atoms with Crippen molar-refractivity contribution < 1.29 is 15.0 Å². The number of carboxylic acids is 1. The van der Waals surface area contributed by atoms with Crippen LogP contribution in [0.1, 0.15) is 11.4 Å². The van der Waals surface area contributed by atoms with Gasteiger partial charge in [-0.2, -0.15) is 0 Å². The molecule has 1 aliphatic heterocycles. The Balaban J connectivity index is 1.67. The van der Waals surface area contributed by atoms with Crippen molar-refractivity contribution >= 4 is 34.0 Å². The van der Waals surface area contributed by atoms with Crippen molar-refractivity contribution in [2.24, 2.45) is 0 Å². The van der Waals surface area contributed by atoms with Crippen molar-refractivity contribution in [2.45, 2.75) is 6.42 Å². The van der Waals surface area contributed by atoms with Gasteiger partial charge in [0.15, 0.2) is 0 Å². The lowest BCUT2D eigenvalue weighted by Gasteiger charge is -2.19. The molecule has 1 aromatic heterocycles. The number of aliphatic hydroxyl groups is 1. The second-order valence-corrected chi connectivity index (χ2v) is 6.43. The second-order valence-electron chi connectivity index (χ2n) is 6.43. The number of carboxylic acid groups (broad SMARTS) is 1. The van der Waals surface area contributed by atoms with E-state index in [4.69, 9.17) is 10.5 Å². The van der Waals surface area contributed by atoms with Gasteiger partial charge in [0.2, 0.25) is 0 Å². The maximum atomic E-state index is 12.3. The average Bonchev–Trinajstić information content (AvgIpc) is 2.96. The summed E-state index contributed by atoms with van der Waals surface area (Å²) in [5.74, 6) is -0.856. The summed E-state index contributed by atoms with van der Waals surface area (Å²) in [7, 11) is 0. The SMILES string of the molecule is N=C1C(c2nc3ccccc3c(=O)[nH]2)=C(O)CN1c1ccc(CC(=O)O)cc1. The lowest BCUT2D eigenvalue weighted by atomic mass is 10.1. The maximum Gasteiger partial charge on any atom is 0.307 e. The Kier molecular flexibility index (Phi) is 4.15. The van der Waals surface area contributed by atoms with E-state index >= 15 is 0 Å². The van der Waals surface area contributed by atoms with Crippen molar-refractivity contribution in [3.8, 4) is 0 Å². The third-order valence-electron chi connectivity index (χ3n) is 4.56. The number of rotatable bonds is 4. The zero-order valence-corrected chi connectivity index (χ0v) is 14.6. The third kappa shape index (κ3) is 3.01. The summed E-state index contributed by atoms with van der Waals surface area (Å²) in [6.45, 7) is 0.0585. The first kappa shape index (κ1) is 17.5. The number of hydrogen-bond acceptors (Lipinski definition) is 5. The summed E-state index contributed by atoms with van der Waals surface area (Å²) in [5, 5.41) is 28.2. The minimum atomic E-state index is -0.922. The molecule has 0 fully saturated rings. The number of nitrogens with zero attached hydrogens (tertiary/aromatic N) is 2. The van der Waals surface area contributed by atoms with E-state index in [0.717, 1.165) is 0 Å². The van der Waals surface area contributed by atoms with Crippen molar-refractivity contribution in [2.75, 3.05) is 11.4 Å². The number of aliphatic hydroxyl groups excluding tert-OH is 1. The van der Waals surface area contributed by atoms with Crippen molar-refractivity contribution in [1.29, 1.82) is 5.41 Å². The molecule has 8 heteroatoms. The number of amidine groups is 1. The van der Waals surface area contributed by atoms with Gasteiger partial charge in [-0.3, -0.25) is 15.0 Å². The Morgan fingerprint density at radius 1 is 1.18 bits per heavy atom. The Hall–Kier alpha value is -3.94. The van der Waals surface area contributed by atoms with Gasteiger partial charge >= 0.3 is 5.97 Å². The molecule has 2 aromatic carbocycles. The van der Waals surface area contributed by atoms with E-state index in [1.807, 2.05) is 0 Å². The van der Waals surface area contributed by atoms with Crippen LogP contribution in [0.4, 0.5) is 5.69 Å². The number of aliphatic carboxylic acids is 1. The lowest BCUT2D eigenvalue weighted by Crippen LogP contribution is -2.26. The molecule has 140 valence electrons. The molecular formula is C20H16N4O4. The molecule has 0 amide bonds. The van der Waals surface area contributed by atoms with E-state index in [9.17, 15) is 14.7 Å². The molecule has 0 saturated heterocycles. The van der Waals surface area contributed by atoms with Gasteiger partial charge in [-0.15, -0.1) is 0 Å². The summed E-state index contributed by atoms with van der Waals surface area (Å²) in [6.07, 6.45) is -0.0886. The molecule has 0 aliphatic carbocycles. The molecule has 8 nitrogen and oxygen atoms in total. The fourth-order valence-electron chi connectivity index (χ4n) is 3.22. The number of hydrogen-bond donors (Lipinski definition) is 4.